The summed E-state index contributed by atoms with van der Waals surface area (Å²) in [4.78, 5) is 2.14. The Labute approximate surface area is 90.0 Å². The molecule has 0 saturated carbocycles. The molecule has 1 aromatic rings. The molecule has 1 rings (SSSR count). The van der Waals surface area contributed by atoms with Crippen LogP contribution in [0, 0.1) is 6.92 Å². The lowest BCUT2D eigenvalue weighted by molar-refractivity contribution is 0.318. The molecular weight excluding hydrogens is 190 g/mol. The number of amidine groups is 1. The van der Waals surface area contributed by atoms with Crippen molar-refractivity contribution in [1.82, 2.24) is 0 Å². The first-order chi connectivity index (χ1) is 7.10. The van der Waals surface area contributed by atoms with Crippen LogP contribution in [0.1, 0.15) is 18.1 Å². The Bertz CT molecular complexity index is 374. The summed E-state index contributed by atoms with van der Waals surface area (Å²) in [6, 6.07) is 5.74. The Morgan fingerprint density at radius 2 is 2.20 bits per heavy atom. The van der Waals surface area contributed by atoms with Crippen LogP contribution in [0.5, 0.6) is 0 Å². The van der Waals surface area contributed by atoms with Crippen molar-refractivity contribution >= 4 is 11.5 Å². The minimum absolute atomic E-state index is 0.142. The fraction of sp³-hybridized carbons (Fsp3) is 0.364. The Kier molecular flexibility index (Phi) is 3.55. The van der Waals surface area contributed by atoms with Crippen molar-refractivity contribution in [3.63, 3.8) is 0 Å². The Morgan fingerprint density at radius 1 is 1.53 bits per heavy atom. The Morgan fingerprint density at radius 3 is 2.67 bits per heavy atom. The molecule has 0 radical (unpaired) electrons. The average Bonchev–Trinajstić information content (AvgIpc) is 2.26. The largest absolute Gasteiger partial charge is 0.409 e. The van der Waals surface area contributed by atoms with E-state index < -0.39 is 0 Å². The molecule has 0 aliphatic rings. The van der Waals surface area contributed by atoms with Gasteiger partial charge < -0.3 is 15.8 Å². The lowest BCUT2D eigenvalue weighted by Gasteiger charge is -2.19. The van der Waals surface area contributed by atoms with E-state index in [0.717, 1.165) is 23.4 Å². The minimum atomic E-state index is 0.142. The highest BCUT2D eigenvalue weighted by molar-refractivity contribution is 5.97. The molecule has 0 bridgehead atoms. The number of benzene rings is 1. The van der Waals surface area contributed by atoms with E-state index in [1.807, 2.05) is 32.2 Å². The highest BCUT2D eigenvalue weighted by atomic mass is 16.4. The minimum Gasteiger partial charge on any atom is -0.409 e. The van der Waals surface area contributed by atoms with Crippen LogP contribution in [0.25, 0.3) is 0 Å². The van der Waals surface area contributed by atoms with E-state index in [9.17, 15) is 0 Å². The second-order valence-corrected chi connectivity index (χ2v) is 3.50. The number of oxime groups is 1. The van der Waals surface area contributed by atoms with E-state index in [-0.39, 0.29) is 5.84 Å². The molecule has 15 heavy (non-hydrogen) atoms. The molecule has 3 N–H and O–H groups in total. The molecule has 0 spiro atoms. The Balaban J connectivity index is 3.08. The lowest BCUT2D eigenvalue weighted by atomic mass is 10.1. The van der Waals surface area contributed by atoms with Crippen LogP contribution in [0.3, 0.4) is 0 Å². The van der Waals surface area contributed by atoms with Gasteiger partial charge in [-0.1, -0.05) is 5.16 Å². The normalized spacial score (nSPS) is 11.5. The third-order valence-corrected chi connectivity index (χ3v) is 2.49. The van der Waals surface area contributed by atoms with E-state index in [1.165, 1.54) is 0 Å². The van der Waals surface area contributed by atoms with E-state index in [1.54, 1.807) is 0 Å². The van der Waals surface area contributed by atoms with Crippen LogP contribution < -0.4 is 10.6 Å². The molecule has 0 saturated heterocycles. The van der Waals surface area contributed by atoms with Gasteiger partial charge in [0.15, 0.2) is 5.84 Å². The molecule has 0 aliphatic carbocycles. The monoisotopic (exact) mass is 207 g/mol. The second kappa shape index (κ2) is 4.68. The zero-order chi connectivity index (χ0) is 11.4. The van der Waals surface area contributed by atoms with Gasteiger partial charge in [-0.25, -0.2) is 0 Å². The van der Waals surface area contributed by atoms with Gasteiger partial charge >= 0.3 is 0 Å². The Hall–Kier alpha value is -1.71. The molecule has 0 fully saturated rings. The summed E-state index contributed by atoms with van der Waals surface area (Å²) in [5, 5.41) is 11.5. The summed E-state index contributed by atoms with van der Waals surface area (Å²) in [6.45, 7) is 5.05. The van der Waals surface area contributed by atoms with Crippen molar-refractivity contribution in [3.05, 3.63) is 29.3 Å². The quantitative estimate of drug-likeness (QED) is 0.342. The van der Waals surface area contributed by atoms with Crippen molar-refractivity contribution < 1.29 is 5.21 Å². The first-order valence-electron chi connectivity index (χ1n) is 4.89. The van der Waals surface area contributed by atoms with Crippen LogP contribution in [0.2, 0.25) is 0 Å². The molecule has 82 valence electrons. The summed E-state index contributed by atoms with van der Waals surface area (Å²) < 4.78 is 0. The van der Waals surface area contributed by atoms with E-state index >= 15 is 0 Å². The number of nitrogens with two attached hydrogens (primary N) is 1. The predicted molar refractivity (Wildman–Crippen MR) is 62.6 cm³/mol. The maximum atomic E-state index is 8.56. The molecule has 0 unspecified atom stereocenters. The SMILES string of the molecule is CCN(C)c1ccc(/C(N)=N/O)cc1C. The van der Waals surface area contributed by atoms with Gasteiger partial charge in [-0.15, -0.1) is 0 Å². The zero-order valence-electron chi connectivity index (χ0n) is 9.36. The van der Waals surface area contributed by atoms with Crippen molar-refractivity contribution in [2.75, 3.05) is 18.5 Å². The summed E-state index contributed by atoms with van der Waals surface area (Å²) in [5.74, 6) is 0.142. The molecule has 0 heterocycles. The summed E-state index contributed by atoms with van der Waals surface area (Å²) in [6.07, 6.45) is 0. The van der Waals surface area contributed by atoms with Crippen LogP contribution >= 0.6 is 0 Å². The zero-order valence-corrected chi connectivity index (χ0v) is 9.36. The average molecular weight is 207 g/mol. The van der Waals surface area contributed by atoms with Crippen LogP contribution in [0.4, 0.5) is 5.69 Å². The summed E-state index contributed by atoms with van der Waals surface area (Å²) in [5.41, 5.74) is 8.52. The van der Waals surface area contributed by atoms with Crippen LogP contribution in [-0.2, 0) is 0 Å². The molecule has 1 aromatic carbocycles. The van der Waals surface area contributed by atoms with Crippen molar-refractivity contribution in [2.24, 2.45) is 10.9 Å². The molecule has 0 atom stereocenters. The third kappa shape index (κ3) is 2.40. The molecular formula is C11H17N3O. The van der Waals surface area contributed by atoms with Crippen molar-refractivity contribution in [2.45, 2.75) is 13.8 Å². The van der Waals surface area contributed by atoms with E-state index in [2.05, 4.69) is 17.0 Å². The fourth-order valence-corrected chi connectivity index (χ4v) is 1.47. The fourth-order valence-electron chi connectivity index (χ4n) is 1.47. The maximum Gasteiger partial charge on any atom is 0.170 e. The number of anilines is 1. The van der Waals surface area contributed by atoms with Gasteiger partial charge in [0.2, 0.25) is 0 Å². The van der Waals surface area contributed by atoms with Crippen molar-refractivity contribution in [3.8, 4) is 0 Å². The molecule has 0 aromatic heterocycles. The lowest BCUT2D eigenvalue weighted by Crippen LogP contribution is -2.18. The molecule has 0 aliphatic heterocycles. The van der Waals surface area contributed by atoms with Crippen LogP contribution in [-0.4, -0.2) is 24.6 Å². The predicted octanol–water partition coefficient (Wildman–Crippen LogP) is 1.55. The van der Waals surface area contributed by atoms with Gasteiger partial charge in [0.05, 0.1) is 0 Å². The summed E-state index contributed by atoms with van der Waals surface area (Å²) >= 11 is 0. The van der Waals surface area contributed by atoms with E-state index in [0.29, 0.717) is 0 Å². The van der Waals surface area contributed by atoms with Gasteiger partial charge in [-0.05, 0) is 37.6 Å². The number of hydrogen-bond donors (Lipinski definition) is 2. The number of nitrogens with zero attached hydrogens (tertiary/aromatic N) is 2. The first kappa shape index (κ1) is 11.4. The molecule has 0 amide bonds. The second-order valence-electron chi connectivity index (χ2n) is 3.50. The highest BCUT2D eigenvalue weighted by Crippen LogP contribution is 2.19. The van der Waals surface area contributed by atoms with Crippen molar-refractivity contribution in [1.29, 1.82) is 0 Å². The molecule has 4 heteroatoms. The van der Waals surface area contributed by atoms with Gasteiger partial charge in [0, 0.05) is 24.8 Å². The third-order valence-electron chi connectivity index (χ3n) is 2.49. The van der Waals surface area contributed by atoms with Gasteiger partial charge in [0.25, 0.3) is 0 Å². The standard InChI is InChI=1S/C11H17N3O/c1-4-14(3)10-6-5-9(7-8(10)2)11(12)13-15/h5-7,15H,4H2,1-3H3,(H2,12,13). The maximum absolute atomic E-state index is 8.56. The smallest absolute Gasteiger partial charge is 0.170 e. The first-order valence-corrected chi connectivity index (χ1v) is 4.89. The highest BCUT2D eigenvalue weighted by Gasteiger charge is 2.05. The van der Waals surface area contributed by atoms with E-state index in [4.69, 9.17) is 10.9 Å². The summed E-state index contributed by atoms with van der Waals surface area (Å²) in [7, 11) is 2.03. The number of aryl methyl sites for hydroxylation is 1. The van der Waals surface area contributed by atoms with Gasteiger partial charge in [-0.3, -0.25) is 0 Å². The van der Waals surface area contributed by atoms with Gasteiger partial charge in [0.1, 0.15) is 0 Å². The number of hydrogen-bond acceptors (Lipinski definition) is 3. The van der Waals surface area contributed by atoms with Crippen LogP contribution in [0.15, 0.2) is 23.4 Å². The van der Waals surface area contributed by atoms with Gasteiger partial charge in [-0.2, -0.15) is 0 Å². The topological polar surface area (TPSA) is 61.8 Å². The molecule has 4 nitrogen and oxygen atoms in total. The number of rotatable bonds is 3.